The zero-order chi connectivity index (χ0) is 23.8. The number of aliphatic imine (C=N–C) groups is 1. The molecule has 2 heterocycles. The molecule has 3 aromatic rings. The Morgan fingerprint density at radius 1 is 1.27 bits per heavy atom. The summed E-state index contributed by atoms with van der Waals surface area (Å²) in [6, 6.07) is 9.99. The Balaban J connectivity index is 1.57. The summed E-state index contributed by atoms with van der Waals surface area (Å²) >= 11 is 0.730. The van der Waals surface area contributed by atoms with Crippen LogP contribution in [0.25, 0.3) is 11.6 Å². The number of carbonyl (C=O) groups excluding carboxylic acids is 1. The monoisotopic (exact) mass is 475 g/mol. The maximum Gasteiger partial charge on any atom is 0.416 e. The number of halogens is 3. The van der Waals surface area contributed by atoms with Gasteiger partial charge in [-0.25, -0.2) is 0 Å². The number of allylic oxidation sites excluding steroid dienone is 1. The molecule has 4 rings (SSSR count). The summed E-state index contributed by atoms with van der Waals surface area (Å²) in [7, 11) is 1.25. The van der Waals surface area contributed by atoms with E-state index in [0.717, 1.165) is 45.4 Å². The highest BCUT2D eigenvalue weighted by Crippen LogP contribution is 2.36. The number of carbonyl (C=O) groups is 1. The highest BCUT2D eigenvalue weighted by atomic mass is 32.1. The first-order valence-electron chi connectivity index (χ1n) is 9.50. The predicted molar refractivity (Wildman–Crippen MR) is 119 cm³/mol. The Morgan fingerprint density at radius 3 is 2.76 bits per heavy atom. The van der Waals surface area contributed by atoms with Gasteiger partial charge in [-0.15, -0.1) is 0 Å². The number of thiazole rings is 1. The summed E-state index contributed by atoms with van der Waals surface area (Å²) < 4.78 is 44.9. The lowest BCUT2D eigenvalue weighted by molar-refractivity contribution is -0.137. The Bertz CT molecular complexity index is 1360. The number of alkyl halides is 3. The number of benzene rings is 2. The average molecular weight is 475 g/mol. The number of aromatic hydroxyl groups is 1. The van der Waals surface area contributed by atoms with Crippen molar-refractivity contribution in [3.05, 3.63) is 68.1 Å². The van der Waals surface area contributed by atoms with Crippen LogP contribution >= 0.6 is 11.3 Å². The zero-order valence-electron chi connectivity index (χ0n) is 17.0. The van der Waals surface area contributed by atoms with Crippen molar-refractivity contribution in [2.75, 3.05) is 12.4 Å². The quantitative estimate of drug-likeness (QED) is 0.567. The molecule has 2 N–H and O–H groups in total. The topological polar surface area (TPSA) is 92.9 Å². The molecule has 33 heavy (non-hydrogen) atoms. The first-order valence-corrected chi connectivity index (χ1v) is 10.3. The van der Waals surface area contributed by atoms with E-state index in [9.17, 15) is 27.9 Å². The van der Waals surface area contributed by atoms with Crippen molar-refractivity contribution in [1.29, 1.82) is 0 Å². The van der Waals surface area contributed by atoms with E-state index < -0.39 is 34.9 Å². The lowest BCUT2D eigenvalue weighted by Crippen LogP contribution is -2.24. The van der Waals surface area contributed by atoms with Crippen LogP contribution in [0.5, 0.6) is 11.6 Å². The second kappa shape index (κ2) is 8.58. The van der Waals surface area contributed by atoms with Crippen LogP contribution in [0.1, 0.15) is 16.0 Å². The molecule has 0 saturated carbocycles. The number of amides is 1. The van der Waals surface area contributed by atoms with Crippen LogP contribution in [0, 0.1) is 0 Å². The van der Waals surface area contributed by atoms with Crippen LogP contribution in [0.15, 0.2) is 52.3 Å². The molecule has 0 saturated heterocycles. The van der Waals surface area contributed by atoms with Gasteiger partial charge in [-0.05, 0) is 30.3 Å². The number of anilines is 1. The predicted octanol–water partition coefficient (Wildman–Crippen LogP) is 4.54. The van der Waals surface area contributed by atoms with Crippen LogP contribution < -0.4 is 14.9 Å². The highest BCUT2D eigenvalue weighted by molar-refractivity contribution is 7.10. The number of methoxy groups -OCH3 is 1. The molecule has 0 fully saturated rings. The van der Waals surface area contributed by atoms with Crippen LogP contribution in [0.3, 0.4) is 0 Å². The molecule has 1 aliphatic heterocycles. The van der Waals surface area contributed by atoms with E-state index in [-0.39, 0.29) is 16.3 Å². The molecule has 1 aliphatic rings. The van der Waals surface area contributed by atoms with E-state index in [0.29, 0.717) is 5.57 Å². The van der Waals surface area contributed by atoms with Crippen LogP contribution in [-0.4, -0.2) is 28.9 Å². The van der Waals surface area contributed by atoms with Gasteiger partial charge in [-0.3, -0.25) is 19.1 Å². The number of aromatic nitrogens is 1. The second-order valence-corrected chi connectivity index (χ2v) is 7.97. The number of rotatable bonds is 5. The van der Waals surface area contributed by atoms with Gasteiger partial charge in [-0.2, -0.15) is 13.2 Å². The van der Waals surface area contributed by atoms with Gasteiger partial charge in [0, 0.05) is 17.4 Å². The van der Waals surface area contributed by atoms with Crippen molar-refractivity contribution in [2.24, 2.45) is 4.99 Å². The summed E-state index contributed by atoms with van der Waals surface area (Å²) in [6.45, 7) is -0.603. The minimum absolute atomic E-state index is 0.0165. The fourth-order valence-electron chi connectivity index (χ4n) is 3.26. The number of fused-ring (bicyclic) bond motifs is 1. The molecule has 1 amide bonds. The summed E-state index contributed by atoms with van der Waals surface area (Å²) in [5.41, 5.74) is 1.10. The maximum absolute atomic E-state index is 13.0. The second-order valence-electron chi connectivity index (χ2n) is 6.98. The van der Waals surface area contributed by atoms with Crippen molar-refractivity contribution in [3.8, 4) is 11.6 Å². The third kappa shape index (κ3) is 4.53. The van der Waals surface area contributed by atoms with Gasteiger partial charge in [-0.1, -0.05) is 29.5 Å². The summed E-state index contributed by atoms with van der Waals surface area (Å²) in [5.74, 6) is -1.22. The average Bonchev–Trinajstić information content (AvgIpc) is 3.29. The van der Waals surface area contributed by atoms with Gasteiger partial charge in [0.1, 0.15) is 12.3 Å². The minimum atomic E-state index is -4.61. The van der Waals surface area contributed by atoms with Gasteiger partial charge < -0.3 is 15.2 Å². The van der Waals surface area contributed by atoms with E-state index in [1.165, 1.54) is 7.11 Å². The maximum atomic E-state index is 13.0. The van der Waals surface area contributed by atoms with Gasteiger partial charge in [0.05, 0.1) is 28.9 Å². The third-order valence-electron chi connectivity index (χ3n) is 4.84. The molecule has 0 aliphatic carbocycles. The molecular formula is C22H16F3N3O4S. The number of ether oxygens (including phenoxy) is 1. The minimum Gasteiger partial charge on any atom is -0.495 e. The van der Waals surface area contributed by atoms with E-state index in [1.807, 2.05) is 24.3 Å². The van der Waals surface area contributed by atoms with Gasteiger partial charge in [0.15, 0.2) is 0 Å². The van der Waals surface area contributed by atoms with Crippen molar-refractivity contribution < 1.29 is 27.8 Å². The lowest BCUT2D eigenvalue weighted by Gasteiger charge is -2.14. The number of hydrogen-bond donors (Lipinski definition) is 2. The lowest BCUT2D eigenvalue weighted by atomic mass is 10.1. The molecule has 7 nitrogen and oxygen atoms in total. The van der Waals surface area contributed by atoms with Crippen molar-refractivity contribution in [3.63, 3.8) is 0 Å². The molecule has 0 bridgehead atoms. The molecule has 0 unspecified atom stereocenters. The Morgan fingerprint density at radius 2 is 2.03 bits per heavy atom. The fourth-order valence-corrected chi connectivity index (χ4v) is 4.09. The zero-order valence-corrected chi connectivity index (χ0v) is 17.8. The Kier molecular flexibility index (Phi) is 5.81. The molecule has 0 radical (unpaired) electrons. The molecule has 11 heteroatoms. The summed E-state index contributed by atoms with van der Waals surface area (Å²) in [4.78, 5) is 28.7. The van der Waals surface area contributed by atoms with Gasteiger partial charge in [0.2, 0.25) is 11.8 Å². The Hall–Kier alpha value is -3.86. The highest BCUT2D eigenvalue weighted by Gasteiger charge is 2.31. The van der Waals surface area contributed by atoms with E-state index in [4.69, 9.17) is 4.74 Å². The largest absolute Gasteiger partial charge is 0.495 e. The SMILES string of the molecule is COc1ccc(C(F)(F)F)cc1NC(=O)Cn1c(O)c(C=C2C=Nc3ccccc32)sc1=O. The summed E-state index contributed by atoms with van der Waals surface area (Å²) in [6.07, 6.45) is -1.43. The van der Waals surface area contributed by atoms with Crippen LogP contribution in [0.2, 0.25) is 0 Å². The number of hydrogen-bond acceptors (Lipinski definition) is 6. The third-order valence-corrected chi connectivity index (χ3v) is 5.76. The molecule has 0 atom stereocenters. The standard InChI is InChI=1S/C22H16F3N3O4S/c1-32-17-7-6-13(22(23,24)25)9-16(17)27-19(29)11-28-20(30)18(33-21(28)31)8-12-10-26-15-5-3-2-4-14(12)15/h2-10,30H,11H2,1H3,(H,27,29). The van der Waals surface area contributed by atoms with Crippen molar-refractivity contribution >= 4 is 46.5 Å². The molecular weight excluding hydrogens is 459 g/mol. The Labute approximate surface area is 189 Å². The molecule has 1 aromatic heterocycles. The normalized spacial score (nSPS) is 13.9. The molecule has 0 spiro atoms. The van der Waals surface area contributed by atoms with E-state index >= 15 is 0 Å². The van der Waals surface area contributed by atoms with E-state index in [2.05, 4.69) is 10.3 Å². The number of nitrogens with zero attached hydrogens (tertiary/aromatic N) is 2. The van der Waals surface area contributed by atoms with Crippen LogP contribution in [0.4, 0.5) is 24.5 Å². The van der Waals surface area contributed by atoms with Gasteiger partial charge in [0.25, 0.3) is 0 Å². The first kappa shape index (κ1) is 22.3. The number of para-hydroxylation sites is 1. The van der Waals surface area contributed by atoms with Crippen molar-refractivity contribution in [2.45, 2.75) is 12.7 Å². The van der Waals surface area contributed by atoms with Crippen molar-refractivity contribution in [1.82, 2.24) is 4.57 Å². The smallest absolute Gasteiger partial charge is 0.416 e. The van der Waals surface area contributed by atoms with E-state index in [1.54, 1.807) is 12.3 Å². The van der Waals surface area contributed by atoms with Gasteiger partial charge >= 0.3 is 11.0 Å². The molecule has 2 aromatic carbocycles. The summed E-state index contributed by atoms with van der Waals surface area (Å²) in [5, 5.41) is 12.8. The fraction of sp³-hybridized carbons (Fsp3) is 0.136. The first-order chi connectivity index (χ1) is 15.7. The van der Waals surface area contributed by atoms with Crippen LogP contribution in [-0.2, 0) is 17.5 Å². The molecule has 170 valence electrons. The number of nitrogens with one attached hydrogen (secondary N) is 1.